The smallest absolute Gasteiger partial charge is 0.410 e. The summed E-state index contributed by atoms with van der Waals surface area (Å²) in [4.78, 5) is 41.8. The first-order valence-corrected chi connectivity index (χ1v) is 10.9. The molecule has 0 bridgehead atoms. The summed E-state index contributed by atoms with van der Waals surface area (Å²) in [7, 11) is 0. The second-order valence-electron chi connectivity index (χ2n) is 9.36. The molecule has 2 unspecified atom stereocenters. The van der Waals surface area contributed by atoms with Crippen molar-refractivity contribution in [1.82, 2.24) is 15.1 Å². The van der Waals surface area contributed by atoms with Crippen LogP contribution < -0.4 is 5.32 Å². The van der Waals surface area contributed by atoms with E-state index >= 15 is 0 Å². The van der Waals surface area contributed by atoms with Gasteiger partial charge in [-0.3, -0.25) is 14.5 Å². The minimum Gasteiger partial charge on any atom is -0.444 e. The van der Waals surface area contributed by atoms with Gasteiger partial charge in [0, 0.05) is 19.1 Å². The molecule has 0 spiro atoms. The average Bonchev–Trinajstić information content (AvgIpc) is 3.30. The van der Waals surface area contributed by atoms with E-state index in [0.29, 0.717) is 25.9 Å². The molecule has 2 heterocycles. The molecule has 3 fully saturated rings. The summed E-state index contributed by atoms with van der Waals surface area (Å²) in [6.07, 6.45) is 8.11. The van der Waals surface area contributed by atoms with Crippen molar-refractivity contribution >= 4 is 17.9 Å². The maximum atomic E-state index is 13.2. The highest BCUT2D eigenvalue weighted by Crippen LogP contribution is 2.27. The monoisotopic (exact) mass is 393 g/mol. The zero-order chi connectivity index (χ0) is 20.3. The van der Waals surface area contributed by atoms with Crippen LogP contribution in [0, 0.1) is 0 Å². The van der Waals surface area contributed by atoms with Crippen LogP contribution in [0.3, 0.4) is 0 Å². The highest BCUT2D eigenvalue weighted by Gasteiger charge is 2.43. The van der Waals surface area contributed by atoms with Gasteiger partial charge < -0.3 is 15.0 Å². The van der Waals surface area contributed by atoms with Crippen molar-refractivity contribution in [1.29, 1.82) is 0 Å². The topological polar surface area (TPSA) is 79.0 Å². The normalized spacial score (nSPS) is 26.4. The van der Waals surface area contributed by atoms with Gasteiger partial charge in [0.25, 0.3) is 0 Å². The Balaban J connectivity index is 1.63. The molecule has 0 radical (unpaired) electrons. The Hall–Kier alpha value is -1.79. The number of nitrogens with one attached hydrogen (secondary N) is 1. The number of ether oxygens (including phenoxy) is 1. The quantitative estimate of drug-likeness (QED) is 0.800. The number of likely N-dealkylation sites (tertiary alicyclic amines) is 2. The third-order valence-corrected chi connectivity index (χ3v) is 5.96. The highest BCUT2D eigenvalue weighted by molar-refractivity contribution is 5.92. The van der Waals surface area contributed by atoms with E-state index in [2.05, 4.69) is 5.32 Å². The minimum absolute atomic E-state index is 0.0282. The summed E-state index contributed by atoms with van der Waals surface area (Å²) >= 11 is 0. The molecule has 2 aliphatic heterocycles. The average molecular weight is 394 g/mol. The Labute approximate surface area is 168 Å². The fourth-order valence-corrected chi connectivity index (χ4v) is 4.60. The van der Waals surface area contributed by atoms with Crippen molar-refractivity contribution in [3.05, 3.63) is 0 Å². The Morgan fingerprint density at radius 3 is 2.07 bits per heavy atom. The SMILES string of the molecule is CC(C)(C)OC(=O)N1CCCC1C(=O)N1CCCC1C(=O)NC1CCCCC1. The predicted octanol–water partition coefficient (Wildman–Crippen LogP) is 2.83. The molecule has 2 atom stereocenters. The van der Waals surface area contributed by atoms with E-state index in [1.807, 2.05) is 20.8 Å². The van der Waals surface area contributed by atoms with Crippen molar-refractivity contribution in [2.75, 3.05) is 13.1 Å². The van der Waals surface area contributed by atoms with Gasteiger partial charge in [0.1, 0.15) is 17.7 Å². The zero-order valence-corrected chi connectivity index (χ0v) is 17.5. The van der Waals surface area contributed by atoms with Gasteiger partial charge in [-0.05, 0) is 59.3 Å². The molecule has 3 aliphatic rings. The van der Waals surface area contributed by atoms with Gasteiger partial charge in [-0.1, -0.05) is 19.3 Å². The molecule has 1 saturated carbocycles. The Morgan fingerprint density at radius 2 is 1.43 bits per heavy atom. The maximum absolute atomic E-state index is 13.2. The van der Waals surface area contributed by atoms with E-state index in [1.165, 1.54) is 6.42 Å². The Morgan fingerprint density at radius 1 is 0.821 bits per heavy atom. The molecule has 7 nitrogen and oxygen atoms in total. The predicted molar refractivity (Wildman–Crippen MR) is 106 cm³/mol. The lowest BCUT2D eigenvalue weighted by Gasteiger charge is -2.33. The first-order chi connectivity index (χ1) is 13.3. The summed E-state index contributed by atoms with van der Waals surface area (Å²) in [6.45, 7) is 6.58. The minimum atomic E-state index is -0.594. The van der Waals surface area contributed by atoms with Crippen LogP contribution in [0.4, 0.5) is 4.79 Å². The fourth-order valence-electron chi connectivity index (χ4n) is 4.60. The summed E-state index contributed by atoms with van der Waals surface area (Å²) in [5.74, 6) is -0.135. The third-order valence-electron chi connectivity index (χ3n) is 5.96. The molecule has 3 rings (SSSR count). The molecular formula is C21H35N3O4. The van der Waals surface area contributed by atoms with E-state index in [0.717, 1.165) is 38.5 Å². The first kappa shape index (κ1) is 20.9. The number of carbonyl (C=O) groups excluding carboxylic acids is 3. The van der Waals surface area contributed by atoms with Crippen LogP contribution >= 0.6 is 0 Å². The summed E-state index contributed by atoms with van der Waals surface area (Å²) < 4.78 is 5.48. The summed E-state index contributed by atoms with van der Waals surface area (Å²) in [5, 5.41) is 3.16. The molecule has 158 valence electrons. The van der Waals surface area contributed by atoms with Crippen LogP contribution in [0.25, 0.3) is 0 Å². The number of carbonyl (C=O) groups is 3. The zero-order valence-electron chi connectivity index (χ0n) is 17.5. The van der Waals surface area contributed by atoms with E-state index in [-0.39, 0.29) is 17.9 Å². The molecule has 0 aromatic rings. The lowest BCUT2D eigenvalue weighted by atomic mass is 9.95. The Bertz CT molecular complexity index is 595. The van der Waals surface area contributed by atoms with Crippen molar-refractivity contribution in [3.8, 4) is 0 Å². The van der Waals surface area contributed by atoms with Gasteiger partial charge in [0.15, 0.2) is 0 Å². The van der Waals surface area contributed by atoms with Gasteiger partial charge in [-0.2, -0.15) is 0 Å². The molecule has 0 aromatic carbocycles. The summed E-state index contributed by atoms with van der Waals surface area (Å²) in [5.41, 5.74) is -0.594. The van der Waals surface area contributed by atoms with Crippen LogP contribution in [0.1, 0.15) is 78.6 Å². The van der Waals surface area contributed by atoms with Crippen LogP contribution in [0.5, 0.6) is 0 Å². The molecule has 0 aromatic heterocycles. The number of hydrogen-bond acceptors (Lipinski definition) is 4. The molecule has 28 heavy (non-hydrogen) atoms. The number of hydrogen-bond donors (Lipinski definition) is 1. The van der Waals surface area contributed by atoms with Crippen molar-refractivity contribution in [2.45, 2.75) is 102 Å². The van der Waals surface area contributed by atoms with Crippen LogP contribution in [0.2, 0.25) is 0 Å². The van der Waals surface area contributed by atoms with Crippen molar-refractivity contribution in [3.63, 3.8) is 0 Å². The lowest BCUT2D eigenvalue weighted by molar-refractivity contribution is -0.142. The van der Waals surface area contributed by atoms with Crippen molar-refractivity contribution < 1.29 is 19.1 Å². The second-order valence-corrected chi connectivity index (χ2v) is 9.36. The first-order valence-electron chi connectivity index (χ1n) is 10.9. The maximum Gasteiger partial charge on any atom is 0.410 e. The molecule has 1 N–H and O–H groups in total. The number of rotatable bonds is 3. The van der Waals surface area contributed by atoms with E-state index < -0.39 is 23.8 Å². The Kier molecular flexibility index (Phi) is 6.50. The van der Waals surface area contributed by atoms with E-state index in [1.54, 1.807) is 9.80 Å². The van der Waals surface area contributed by atoms with Gasteiger partial charge in [0.2, 0.25) is 11.8 Å². The largest absolute Gasteiger partial charge is 0.444 e. The van der Waals surface area contributed by atoms with Crippen LogP contribution in [0.15, 0.2) is 0 Å². The molecule has 1 aliphatic carbocycles. The molecule has 3 amide bonds. The van der Waals surface area contributed by atoms with Crippen LogP contribution in [-0.4, -0.2) is 64.5 Å². The van der Waals surface area contributed by atoms with Crippen molar-refractivity contribution in [2.24, 2.45) is 0 Å². The van der Waals surface area contributed by atoms with E-state index in [9.17, 15) is 14.4 Å². The van der Waals surface area contributed by atoms with Gasteiger partial charge in [0.05, 0.1) is 0 Å². The standard InChI is InChI=1S/C21H35N3O4/c1-21(2,3)28-20(27)24-14-8-12-17(24)19(26)23-13-7-11-16(23)18(25)22-15-9-5-4-6-10-15/h15-17H,4-14H2,1-3H3,(H,22,25). The number of amides is 3. The molecule has 7 heteroatoms. The van der Waals surface area contributed by atoms with Gasteiger partial charge in [-0.25, -0.2) is 4.79 Å². The van der Waals surface area contributed by atoms with E-state index in [4.69, 9.17) is 4.74 Å². The second kappa shape index (κ2) is 8.70. The highest BCUT2D eigenvalue weighted by atomic mass is 16.6. The molecular weight excluding hydrogens is 358 g/mol. The summed E-state index contributed by atoms with van der Waals surface area (Å²) in [6, 6.07) is -0.683. The van der Waals surface area contributed by atoms with Crippen LogP contribution in [-0.2, 0) is 14.3 Å². The third kappa shape index (κ3) is 4.97. The fraction of sp³-hybridized carbons (Fsp3) is 0.857. The van der Waals surface area contributed by atoms with Gasteiger partial charge >= 0.3 is 6.09 Å². The lowest BCUT2D eigenvalue weighted by Crippen LogP contribution is -2.54. The molecule has 2 saturated heterocycles. The number of nitrogens with zero attached hydrogens (tertiary/aromatic N) is 2. The van der Waals surface area contributed by atoms with Gasteiger partial charge in [-0.15, -0.1) is 0 Å².